The molecule has 0 heterocycles. The molecule has 1 aromatic carbocycles. The normalized spacial score (nSPS) is 9.94. The molecule has 16 heavy (non-hydrogen) atoms. The SMILES string of the molecule is CCN(CC)c1ccc(C)c(NC(N)=S)c1. The van der Waals surface area contributed by atoms with Gasteiger partial charge in [-0.2, -0.15) is 0 Å². The number of thiocarbonyl (C=S) groups is 1. The highest BCUT2D eigenvalue weighted by Gasteiger charge is 2.05. The number of anilines is 2. The van der Waals surface area contributed by atoms with Crippen LogP contribution in [0.25, 0.3) is 0 Å². The number of benzene rings is 1. The summed E-state index contributed by atoms with van der Waals surface area (Å²) in [6, 6.07) is 6.28. The lowest BCUT2D eigenvalue weighted by atomic mass is 10.1. The van der Waals surface area contributed by atoms with E-state index in [1.807, 2.05) is 6.92 Å². The van der Waals surface area contributed by atoms with E-state index in [9.17, 15) is 0 Å². The van der Waals surface area contributed by atoms with E-state index in [0.717, 1.165) is 24.3 Å². The maximum Gasteiger partial charge on any atom is 0.168 e. The molecule has 4 heteroatoms. The van der Waals surface area contributed by atoms with Crippen molar-refractivity contribution in [3.05, 3.63) is 23.8 Å². The number of nitrogens with one attached hydrogen (secondary N) is 1. The van der Waals surface area contributed by atoms with Crippen molar-refractivity contribution in [1.82, 2.24) is 0 Å². The Morgan fingerprint density at radius 2 is 2.00 bits per heavy atom. The molecule has 1 aromatic rings. The van der Waals surface area contributed by atoms with Crippen LogP contribution in [-0.2, 0) is 0 Å². The monoisotopic (exact) mass is 237 g/mol. The molecule has 0 bridgehead atoms. The lowest BCUT2D eigenvalue weighted by molar-refractivity contribution is 0.866. The fraction of sp³-hybridized carbons (Fsp3) is 0.417. The minimum absolute atomic E-state index is 0.305. The van der Waals surface area contributed by atoms with Crippen molar-refractivity contribution < 1.29 is 0 Å². The first kappa shape index (κ1) is 12.8. The number of hydrogen-bond acceptors (Lipinski definition) is 2. The van der Waals surface area contributed by atoms with Gasteiger partial charge in [-0.25, -0.2) is 0 Å². The Balaban J connectivity index is 3.01. The molecule has 0 unspecified atom stereocenters. The molecule has 0 radical (unpaired) electrons. The summed E-state index contributed by atoms with van der Waals surface area (Å²) in [6.45, 7) is 8.30. The molecule has 0 saturated carbocycles. The van der Waals surface area contributed by atoms with Crippen LogP contribution in [0.5, 0.6) is 0 Å². The topological polar surface area (TPSA) is 41.3 Å². The second kappa shape index (κ2) is 5.70. The number of aryl methyl sites for hydroxylation is 1. The van der Waals surface area contributed by atoms with Crippen LogP contribution in [0.3, 0.4) is 0 Å². The van der Waals surface area contributed by atoms with Gasteiger partial charge in [-0.15, -0.1) is 0 Å². The van der Waals surface area contributed by atoms with Crippen LogP contribution < -0.4 is 16.0 Å². The fourth-order valence-electron chi connectivity index (χ4n) is 1.66. The van der Waals surface area contributed by atoms with Crippen molar-refractivity contribution in [1.29, 1.82) is 0 Å². The summed E-state index contributed by atoms with van der Waals surface area (Å²) in [7, 11) is 0. The number of nitrogens with two attached hydrogens (primary N) is 1. The molecule has 0 amide bonds. The van der Waals surface area contributed by atoms with Gasteiger partial charge in [0.2, 0.25) is 0 Å². The second-order valence-electron chi connectivity index (χ2n) is 3.66. The summed E-state index contributed by atoms with van der Waals surface area (Å²) in [4.78, 5) is 2.28. The maximum atomic E-state index is 5.49. The van der Waals surface area contributed by atoms with Crippen LogP contribution in [0.4, 0.5) is 11.4 Å². The van der Waals surface area contributed by atoms with Crippen LogP contribution in [0.2, 0.25) is 0 Å². The molecule has 0 aromatic heterocycles. The first-order valence-electron chi connectivity index (χ1n) is 5.50. The minimum atomic E-state index is 0.305. The van der Waals surface area contributed by atoms with Gasteiger partial charge in [-0.3, -0.25) is 0 Å². The summed E-state index contributed by atoms with van der Waals surface area (Å²) in [5, 5.41) is 3.30. The van der Waals surface area contributed by atoms with Gasteiger partial charge in [0.15, 0.2) is 5.11 Å². The van der Waals surface area contributed by atoms with Gasteiger partial charge in [0.1, 0.15) is 0 Å². The standard InChI is InChI=1S/C12H19N3S/c1-4-15(5-2)10-7-6-9(3)11(8-10)14-12(13)16/h6-8H,4-5H2,1-3H3,(H3,13,14,16). The van der Waals surface area contributed by atoms with E-state index in [4.69, 9.17) is 18.0 Å². The summed E-state index contributed by atoms with van der Waals surface area (Å²) in [5.41, 5.74) is 8.81. The molecule has 1 rings (SSSR count). The molecule has 0 saturated heterocycles. The highest BCUT2D eigenvalue weighted by atomic mass is 32.1. The van der Waals surface area contributed by atoms with Gasteiger partial charge in [0, 0.05) is 24.5 Å². The van der Waals surface area contributed by atoms with E-state index in [0.29, 0.717) is 5.11 Å². The van der Waals surface area contributed by atoms with E-state index < -0.39 is 0 Å². The van der Waals surface area contributed by atoms with Crippen molar-refractivity contribution in [3.8, 4) is 0 Å². The highest BCUT2D eigenvalue weighted by Crippen LogP contribution is 2.23. The highest BCUT2D eigenvalue weighted by molar-refractivity contribution is 7.80. The van der Waals surface area contributed by atoms with Gasteiger partial charge in [0.05, 0.1) is 0 Å². The predicted octanol–water partition coefficient (Wildman–Crippen LogP) is 2.50. The molecule has 3 nitrogen and oxygen atoms in total. The quantitative estimate of drug-likeness (QED) is 0.790. The Morgan fingerprint density at radius 1 is 1.38 bits per heavy atom. The Morgan fingerprint density at radius 3 is 2.50 bits per heavy atom. The molecular formula is C12H19N3S. The lowest BCUT2D eigenvalue weighted by Crippen LogP contribution is -2.23. The van der Waals surface area contributed by atoms with E-state index >= 15 is 0 Å². The molecule has 88 valence electrons. The van der Waals surface area contributed by atoms with Crippen molar-refractivity contribution in [2.24, 2.45) is 5.73 Å². The molecule has 0 aliphatic rings. The summed E-state index contributed by atoms with van der Waals surface area (Å²) >= 11 is 4.86. The average Bonchev–Trinajstić information content (AvgIpc) is 2.23. The zero-order valence-electron chi connectivity index (χ0n) is 10.1. The molecular weight excluding hydrogens is 218 g/mol. The van der Waals surface area contributed by atoms with E-state index in [2.05, 4.69) is 42.3 Å². The number of hydrogen-bond donors (Lipinski definition) is 2. The van der Waals surface area contributed by atoms with E-state index in [1.165, 1.54) is 5.69 Å². The van der Waals surface area contributed by atoms with Gasteiger partial charge in [-0.1, -0.05) is 6.07 Å². The first-order chi connectivity index (χ1) is 7.58. The van der Waals surface area contributed by atoms with Crippen molar-refractivity contribution in [2.45, 2.75) is 20.8 Å². The van der Waals surface area contributed by atoms with E-state index in [-0.39, 0.29) is 0 Å². The Kier molecular flexibility index (Phi) is 4.55. The minimum Gasteiger partial charge on any atom is -0.376 e. The van der Waals surface area contributed by atoms with Gasteiger partial charge >= 0.3 is 0 Å². The smallest absolute Gasteiger partial charge is 0.168 e. The largest absolute Gasteiger partial charge is 0.376 e. The van der Waals surface area contributed by atoms with Gasteiger partial charge in [-0.05, 0) is 50.7 Å². The number of nitrogens with zero attached hydrogens (tertiary/aromatic N) is 1. The Bertz CT molecular complexity index is 373. The molecule has 0 atom stereocenters. The molecule has 0 fully saturated rings. The fourth-order valence-corrected chi connectivity index (χ4v) is 1.77. The third-order valence-corrected chi connectivity index (χ3v) is 2.71. The predicted molar refractivity (Wildman–Crippen MR) is 75.1 cm³/mol. The maximum absolute atomic E-state index is 5.49. The van der Waals surface area contributed by atoms with Crippen molar-refractivity contribution in [2.75, 3.05) is 23.3 Å². The van der Waals surface area contributed by atoms with Crippen LogP contribution in [0.1, 0.15) is 19.4 Å². The zero-order valence-corrected chi connectivity index (χ0v) is 10.9. The van der Waals surface area contributed by atoms with Crippen LogP contribution >= 0.6 is 12.2 Å². The van der Waals surface area contributed by atoms with E-state index in [1.54, 1.807) is 0 Å². The van der Waals surface area contributed by atoms with Crippen molar-refractivity contribution in [3.63, 3.8) is 0 Å². The van der Waals surface area contributed by atoms with Crippen molar-refractivity contribution >= 4 is 28.7 Å². The Hall–Kier alpha value is -1.29. The molecule has 3 N–H and O–H groups in total. The lowest BCUT2D eigenvalue weighted by Gasteiger charge is -2.22. The third-order valence-electron chi connectivity index (χ3n) is 2.61. The Labute approximate surface area is 103 Å². The van der Waals surface area contributed by atoms with Gasteiger partial charge < -0.3 is 16.0 Å². The van der Waals surface area contributed by atoms with Crippen LogP contribution in [0.15, 0.2) is 18.2 Å². The zero-order chi connectivity index (χ0) is 12.1. The first-order valence-corrected chi connectivity index (χ1v) is 5.91. The van der Waals surface area contributed by atoms with Gasteiger partial charge in [0.25, 0.3) is 0 Å². The summed E-state index contributed by atoms with van der Waals surface area (Å²) in [5.74, 6) is 0. The molecule has 0 aliphatic carbocycles. The summed E-state index contributed by atoms with van der Waals surface area (Å²) in [6.07, 6.45) is 0. The number of rotatable bonds is 4. The molecule has 0 aliphatic heterocycles. The summed E-state index contributed by atoms with van der Waals surface area (Å²) < 4.78 is 0. The average molecular weight is 237 g/mol. The van der Waals surface area contributed by atoms with Crippen LogP contribution in [-0.4, -0.2) is 18.2 Å². The molecule has 0 spiro atoms. The second-order valence-corrected chi connectivity index (χ2v) is 4.10. The third kappa shape index (κ3) is 3.10. The van der Waals surface area contributed by atoms with Crippen LogP contribution in [0, 0.1) is 6.92 Å².